The molecule has 160 valence electrons. The fourth-order valence-corrected chi connectivity index (χ4v) is 3.06. The van der Waals surface area contributed by atoms with Gasteiger partial charge in [0.25, 0.3) is 0 Å². The second-order valence-electron chi connectivity index (χ2n) is 5.80. The van der Waals surface area contributed by atoms with Crippen LogP contribution in [0.3, 0.4) is 0 Å². The predicted molar refractivity (Wildman–Crippen MR) is 107 cm³/mol. The number of hydrogen-bond donors (Lipinski definition) is 1. The normalized spacial score (nSPS) is 17.0. The van der Waals surface area contributed by atoms with E-state index in [1.165, 1.54) is 31.2 Å². The quantitative estimate of drug-likeness (QED) is 0.691. The van der Waals surface area contributed by atoms with E-state index in [9.17, 15) is 9.59 Å². The van der Waals surface area contributed by atoms with Crippen LogP contribution in [0.1, 0.15) is 55.7 Å². The summed E-state index contributed by atoms with van der Waals surface area (Å²) < 4.78 is 10.1. The maximum absolute atomic E-state index is 11.0. The molecule has 0 saturated carbocycles. The molecule has 2 aromatic heterocycles. The predicted octanol–water partition coefficient (Wildman–Crippen LogP) is 2.26. The molecule has 29 heavy (non-hydrogen) atoms. The number of ketones is 1. The van der Waals surface area contributed by atoms with Gasteiger partial charge in [0.2, 0.25) is 0 Å². The van der Waals surface area contributed by atoms with E-state index in [-0.39, 0.29) is 11.3 Å². The molecule has 12 heteroatoms. The number of Topliss-reactive ketones (excluding diaryl/α,β-unsaturated/α-hetero) is 1. The highest BCUT2D eigenvalue weighted by Crippen LogP contribution is 2.30. The van der Waals surface area contributed by atoms with Crippen molar-refractivity contribution in [2.75, 3.05) is 5.75 Å². The Hall–Kier alpha value is -2.86. The number of rotatable bonds is 5. The molecule has 11 nitrogen and oxygen atoms in total. The molecule has 0 spiro atoms. The van der Waals surface area contributed by atoms with Crippen molar-refractivity contribution in [3.05, 3.63) is 45.6 Å². The average Bonchev–Trinajstić information content (AvgIpc) is 3.43. The zero-order valence-electron chi connectivity index (χ0n) is 16.4. The van der Waals surface area contributed by atoms with Gasteiger partial charge in [-0.25, -0.2) is 14.8 Å². The molecule has 0 unspecified atom stereocenters. The number of thioether (sulfide) groups is 1. The molecule has 3 N–H and O–H groups in total. The van der Waals surface area contributed by atoms with Gasteiger partial charge >= 0.3 is 5.97 Å². The zero-order valence-corrected chi connectivity index (χ0v) is 17.2. The standard InChI is InChI=1S/C10H12N2O3S.C7H9NO2.O2.H2O/c1-3-7-11-6(4-15-7)8-12-10(2,5-16-8)9(13)14;1-3-7-8-6(4-10-7)5(2)9;1-2;/h4H,3,5H2,1-2H3,(H,13,14);4H,3H2,1-2H3;;1H2/t10-;;;/m0.../s1. The molecule has 1 aliphatic rings. The zero-order chi connectivity index (χ0) is 21.3. The van der Waals surface area contributed by atoms with E-state index < -0.39 is 11.5 Å². The van der Waals surface area contributed by atoms with Gasteiger partial charge in [-0.05, 0) is 6.92 Å². The van der Waals surface area contributed by atoms with Crippen molar-refractivity contribution in [2.45, 2.75) is 46.1 Å². The Labute approximate surface area is 170 Å². The van der Waals surface area contributed by atoms with E-state index in [1.54, 1.807) is 6.92 Å². The topological polar surface area (TPSA) is 184 Å². The lowest BCUT2D eigenvalue weighted by Crippen LogP contribution is -2.33. The fourth-order valence-electron chi connectivity index (χ4n) is 1.94. The second-order valence-corrected chi connectivity index (χ2v) is 6.76. The lowest BCUT2D eigenvalue weighted by atomic mass is 10.1. The Balaban J connectivity index is 0.000000524. The van der Waals surface area contributed by atoms with E-state index in [0.717, 1.165) is 6.42 Å². The maximum Gasteiger partial charge on any atom is 0.332 e. The van der Waals surface area contributed by atoms with E-state index in [1.807, 2.05) is 13.8 Å². The summed E-state index contributed by atoms with van der Waals surface area (Å²) in [5.41, 5.74) is 0.00869. The van der Waals surface area contributed by atoms with Crippen LogP contribution in [0.15, 0.2) is 26.4 Å². The molecule has 2 aromatic rings. The van der Waals surface area contributed by atoms with Crippen LogP contribution in [0, 0.1) is 9.93 Å². The third-order valence-electron chi connectivity index (χ3n) is 3.59. The Morgan fingerprint density at radius 1 is 1.14 bits per heavy atom. The summed E-state index contributed by atoms with van der Waals surface area (Å²) in [5.74, 6) is 0.733. The molecule has 3 rings (SSSR count). The summed E-state index contributed by atoms with van der Waals surface area (Å²) >= 11 is 1.40. The molecule has 3 heterocycles. The molecule has 1 atom stereocenters. The van der Waals surface area contributed by atoms with E-state index in [4.69, 9.17) is 23.9 Å². The minimum absolute atomic E-state index is 0. The highest BCUT2D eigenvalue weighted by Gasteiger charge is 2.39. The van der Waals surface area contributed by atoms with Crippen LogP contribution in [0.4, 0.5) is 0 Å². The van der Waals surface area contributed by atoms with Crippen LogP contribution in [0.25, 0.3) is 0 Å². The average molecular weight is 429 g/mol. The number of carboxylic acid groups (broad SMARTS) is 1. The molecule has 0 aromatic carbocycles. The van der Waals surface area contributed by atoms with E-state index in [2.05, 4.69) is 15.0 Å². The van der Waals surface area contributed by atoms with Crippen molar-refractivity contribution in [1.82, 2.24) is 9.97 Å². The summed E-state index contributed by atoms with van der Waals surface area (Å²) in [4.78, 5) is 48.0. The molecule has 0 amide bonds. The van der Waals surface area contributed by atoms with Gasteiger partial charge in [0.15, 0.2) is 23.1 Å². The van der Waals surface area contributed by atoms with Crippen molar-refractivity contribution in [2.24, 2.45) is 4.99 Å². The first-order chi connectivity index (χ1) is 13.3. The number of oxazole rings is 2. The fraction of sp³-hybridized carbons (Fsp3) is 0.471. The Bertz CT molecular complexity index is 847. The van der Waals surface area contributed by atoms with Crippen LogP contribution in [0.2, 0.25) is 0 Å². The van der Waals surface area contributed by atoms with Gasteiger partial charge in [0.1, 0.15) is 29.0 Å². The number of carbonyl (C=O) groups is 2. The van der Waals surface area contributed by atoms with Crippen LogP contribution in [-0.2, 0) is 17.6 Å². The number of carbonyl (C=O) groups excluding carboxylic acids is 1. The van der Waals surface area contributed by atoms with Gasteiger partial charge in [-0.1, -0.05) is 13.8 Å². The molecule has 0 radical (unpaired) electrons. The summed E-state index contributed by atoms with van der Waals surface area (Å²) in [5, 5.41) is 9.67. The lowest BCUT2D eigenvalue weighted by Gasteiger charge is -2.11. The van der Waals surface area contributed by atoms with Crippen molar-refractivity contribution in [1.29, 1.82) is 0 Å². The smallest absolute Gasteiger partial charge is 0.332 e. The van der Waals surface area contributed by atoms with Crippen molar-refractivity contribution in [3.8, 4) is 0 Å². The molecule has 0 bridgehead atoms. The molecule has 0 fully saturated rings. The third kappa shape index (κ3) is 6.91. The number of nitrogens with zero attached hydrogens (tertiary/aromatic N) is 3. The molecule has 0 saturated heterocycles. The molecular weight excluding hydrogens is 406 g/mol. The largest absolute Gasteiger partial charge is 0.479 e. The lowest BCUT2D eigenvalue weighted by molar-refractivity contribution is -0.141. The first-order valence-electron chi connectivity index (χ1n) is 8.31. The van der Waals surface area contributed by atoms with E-state index >= 15 is 0 Å². The van der Waals surface area contributed by atoms with Gasteiger partial charge in [-0.2, -0.15) is 0 Å². The Kier molecular flexibility index (Phi) is 10.7. The minimum atomic E-state index is -1.04. The summed E-state index contributed by atoms with van der Waals surface area (Å²) in [6.45, 7) is 6.95. The number of aryl methyl sites for hydroxylation is 2. The van der Waals surface area contributed by atoms with Crippen LogP contribution < -0.4 is 0 Å². The first-order valence-corrected chi connectivity index (χ1v) is 9.30. The van der Waals surface area contributed by atoms with Crippen LogP contribution >= 0.6 is 11.8 Å². The summed E-state index contributed by atoms with van der Waals surface area (Å²) in [7, 11) is 0. The van der Waals surface area contributed by atoms with Gasteiger partial charge in [-0.3, -0.25) is 9.79 Å². The van der Waals surface area contributed by atoms with Crippen molar-refractivity contribution >= 4 is 28.6 Å². The van der Waals surface area contributed by atoms with Gasteiger partial charge in [0, 0.05) is 35.4 Å². The van der Waals surface area contributed by atoms with Crippen molar-refractivity contribution < 1.29 is 29.0 Å². The Morgan fingerprint density at radius 3 is 2.07 bits per heavy atom. The van der Waals surface area contributed by atoms with Gasteiger partial charge < -0.3 is 19.4 Å². The molecule has 1 aliphatic heterocycles. The van der Waals surface area contributed by atoms with Gasteiger partial charge in [-0.15, -0.1) is 11.8 Å². The summed E-state index contributed by atoms with van der Waals surface area (Å²) in [6.07, 6.45) is 4.36. The SMILES string of the molecule is CCc1nc(C(C)=O)co1.CCc1nc(C2=N[C@](C)(C(=O)O)CS2)co1.O.O=O. The monoisotopic (exact) mass is 429 g/mol. The van der Waals surface area contributed by atoms with Gasteiger partial charge in [0.05, 0.1) is 0 Å². The number of aliphatic imine (C=N–C) groups is 1. The molecular formula is C17H23N3O8S. The number of carboxylic acids is 1. The highest BCUT2D eigenvalue weighted by molar-refractivity contribution is 8.14. The highest BCUT2D eigenvalue weighted by atomic mass is 32.2. The molecule has 0 aliphatic carbocycles. The number of aliphatic carboxylic acids is 1. The number of aromatic nitrogens is 2. The minimum Gasteiger partial charge on any atom is -0.479 e. The van der Waals surface area contributed by atoms with Crippen LogP contribution in [0.5, 0.6) is 0 Å². The van der Waals surface area contributed by atoms with E-state index in [0.29, 0.717) is 40.4 Å². The Morgan fingerprint density at radius 2 is 1.69 bits per heavy atom. The summed E-state index contributed by atoms with van der Waals surface area (Å²) in [6, 6.07) is 0. The maximum atomic E-state index is 11.0. The number of hydrogen-bond acceptors (Lipinski definition) is 10. The second kappa shape index (κ2) is 11.9. The third-order valence-corrected chi connectivity index (χ3v) is 4.87. The van der Waals surface area contributed by atoms with Crippen LogP contribution in [-0.4, -0.2) is 48.6 Å². The van der Waals surface area contributed by atoms with Crippen molar-refractivity contribution in [3.63, 3.8) is 0 Å². The first kappa shape index (κ1) is 26.1.